The molecule has 0 aliphatic carbocycles. The Labute approximate surface area is 110 Å². The zero-order chi connectivity index (χ0) is 13.1. The highest BCUT2D eigenvalue weighted by Crippen LogP contribution is 2.23. The summed E-state index contributed by atoms with van der Waals surface area (Å²) in [6, 6.07) is 5.67. The van der Waals surface area contributed by atoms with E-state index in [1.807, 2.05) is 0 Å². The predicted molar refractivity (Wildman–Crippen MR) is 67.8 cm³/mol. The molecule has 2 rings (SSSR count). The van der Waals surface area contributed by atoms with Gasteiger partial charge in [-0.15, -0.1) is 0 Å². The van der Waals surface area contributed by atoms with E-state index >= 15 is 0 Å². The van der Waals surface area contributed by atoms with Crippen LogP contribution in [0.25, 0.3) is 0 Å². The van der Waals surface area contributed by atoms with Crippen LogP contribution in [0.1, 0.15) is 6.42 Å². The minimum absolute atomic E-state index is 0.278. The van der Waals surface area contributed by atoms with Gasteiger partial charge >= 0.3 is 6.03 Å². The number of benzene rings is 1. The van der Waals surface area contributed by atoms with E-state index in [0.717, 1.165) is 4.90 Å². The van der Waals surface area contributed by atoms with Gasteiger partial charge in [0, 0.05) is 25.2 Å². The molecule has 96 valence electrons. The Hall–Kier alpha value is -1.59. The molecule has 0 saturated carbocycles. The summed E-state index contributed by atoms with van der Waals surface area (Å²) >= 11 is 5.85. The van der Waals surface area contributed by atoms with Crippen LogP contribution in [0.4, 0.5) is 10.5 Å². The third kappa shape index (κ3) is 2.47. The van der Waals surface area contributed by atoms with Crippen LogP contribution in [-0.2, 0) is 9.53 Å². The normalized spacial score (nSPS) is 19.2. The summed E-state index contributed by atoms with van der Waals surface area (Å²) < 4.78 is 4.90. The highest BCUT2D eigenvalue weighted by atomic mass is 35.5. The zero-order valence-electron chi connectivity index (χ0n) is 9.85. The summed E-state index contributed by atoms with van der Waals surface area (Å²) in [5.74, 6) is -0.278. The van der Waals surface area contributed by atoms with Crippen molar-refractivity contribution in [2.45, 2.75) is 12.5 Å². The molecule has 1 aliphatic rings. The van der Waals surface area contributed by atoms with Crippen molar-refractivity contribution in [1.29, 1.82) is 0 Å². The summed E-state index contributed by atoms with van der Waals surface area (Å²) in [4.78, 5) is 25.0. The molecule has 1 fully saturated rings. The van der Waals surface area contributed by atoms with Gasteiger partial charge in [-0.1, -0.05) is 17.7 Å². The number of methoxy groups -OCH3 is 1. The monoisotopic (exact) mass is 268 g/mol. The average molecular weight is 269 g/mol. The maximum Gasteiger partial charge on any atom is 0.329 e. The fourth-order valence-corrected chi connectivity index (χ4v) is 2.01. The number of urea groups is 1. The van der Waals surface area contributed by atoms with Crippen molar-refractivity contribution in [3.05, 3.63) is 29.3 Å². The number of ether oxygens (including phenoxy) is 1. The quantitative estimate of drug-likeness (QED) is 0.847. The van der Waals surface area contributed by atoms with Gasteiger partial charge in [0.2, 0.25) is 0 Å². The van der Waals surface area contributed by atoms with Gasteiger partial charge in [0.25, 0.3) is 5.91 Å². The molecule has 6 heteroatoms. The third-order valence-electron chi connectivity index (χ3n) is 2.70. The third-order valence-corrected chi connectivity index (χ3v) is 2.93. The average Bonchev–Trinajstić information content (AvgIpc) is 2.62. The molecule has 1 atom stereocenters. The van der Waals surface area contributed by atoms with Gasteiger partial charge in [0.15, 0.2) is 0 Å². The Kier molecular flexibility index (Phi) is 3.84. The van der Waals surface area contributed by atoms with Crippen LogP contribution in [0.5, 0.6) is 0 Å². The molecule has 1 aliphatic heterocycles. The predicted octanol–water partition coefficient (Wildman–Crippen LogP) is 1.80. The summed E-state index contributed by atoms with van der Waals surface area (Å²) in [5.41, 5.74) is 0.477. The molecular weight excluding hydrogens is 256 g/mol. The maximum atomic E-state index is 12.1. The van der Waals surface area contributed by atoms with Crippen molar-refractivity contribution < 1.29 is 14.3 Å². The second-order valence-electron chi connectivity index (χ2n) is 3.94. The van der Waals surface area contributed by atoms with E-state index in [1.54, 1.807) is 31.4 Å². The Balaban J connectivity index is 2.19. The van der Waals surface area contributed by atoms with Gasteiger partial charge in [-0.3, -0.25) is 4.79 Å². The lowest BCUT2D eigenvalue weighted by Gasteiger charge is -2.13. The molecule has 3 amide bonds. The number of carbonyl (C=O) groups is 2. The molecule has 5 nitrogen and oxygen atoms in total. The van der Waals surface area contributed by atoms with Crippen LogP contribution in [0.15, 0.2) is 24.3 Å². The van der Waals surface area contributed by atoms with E-state index in [9.17, 15) is 9.59 Å². The topological polar surface area (TPSA) is 58.6 Å². The van der Waals surface area contributed by atoms with Gasteiger partial charge in [-0.2, -0.15) is 0 Å². The van der Waals surface area contributed by atoms with E-state index in [2.05, 4.69) is 5.32 Å². The Morgan fingerprint density at radius 1 is 1.44 bits per heavy atom. The van der Waals surface area contributed by atoms with Crippen molar-refractivity contribution in [1.82, 2.24) is 5.32 Å². The van der Waals surface area contributed by atoms with Gasteiger partial charge < -0.3 is 10.1 Å². The first-order valence-corrected chi connectivity index (χ1v) is 5.90. The second-order valence-corrected chi connectivity index (χ2v) is 4.37. The van der Waals surface area contributed by atoms with E-state index in [1.165, 1.54) is 0 Å². The molecule has 1 N–H and O–H groups in total. The summed E-state index contributed by atoms with van der Waals surface area (Å²) in [6.07, 6.45) is 0.456. The minimum atomic E-state index is -0.531. The van der Waals surface area contributed by atoms with E-state index < -0.39 is 12.1 Å². The highest BCUT2D eigenvalue weighted by molar-refractivity contribution is 6.31. The molecular formula is C12H13ClN2O3. The molecule has 18 heavy (non-hydrogen) atoms. The molecule has 1 aromatic carbocycles. The van der Waals surface area contributed by atoms with Crippen molar-refractivity contribution in [3.8, 4) is 0 Å². The molecule has 1 heterocycles. The molecule has 0 spiro atoms. The molecule has 0 bridgehead atoms. The number of imide groups is 1. The summed E-state index contributed by atoms with van der Waals surface area (Å²) in [5, 5.41) is 3.10. The molecule has 1 saturated heterocycles. The lowest BCUT2D eigenvalue weighted by atomic mass is 10.2. The Morgan fingerprint density at radius 3 is 2.89 bits per heavy atom. The van der Waals surface area contributed by atoms with Gasteiger partial charge in [0.05, 0.1) is 5.69 Å². The SMILES string of the molecule is COCCC1NC(=O)N(c2cccc(Cl)c2)C1=O. The molecule has 0 aromatic heterocycles. The zero-order valence-corrected chi connectivity index (χ0v) is 10.6. The van der Waals surface area contributed by atoms with Crippen molar-refractivity contribution in [2.24, 2.45) is 0 Å². The van der Waals surface area contributed by atoms with Crippen LogP contribution >= 0.6 is 11.6 Å². The van der Waals surface area contributed by atoms with E-state index in [-0.39, 0.29) is 5.91 Å². The van der Waals surface area contributed by atoms with Crippen molar-refractivity contribution >= 4 is 29.2 Å². The first-order valence-electron chi connectivity index (χ1n) is 5.52. The van der Waals surface area contributed by atoms with Crippen LogP contribution in [0.2, 0.25) is 5.02 Å². The smallest absolute Gasteiger partial charge is 0.329 e. The first kappa shape index (κ1) is 12.9. The number of nitrogens with zero attached hydrogens (tertiary/aromatic N) is 1. The van der Waals surface area contributed by atoms with Crippen molar-refractivity contribution in [2.75, 3.05) is 18.6 Å². The first-order chi connectivity index (χ1) is 8.63. The number of halogens is 1. The van der Waals surface area contributed by atoms with Crippen LogP contribution < -0.4 is 10.2 Å². The van der Waals surface area contributed by atoms with Gasteiger partial charge in [0.1, 0.15) is 6.04 Å². The lowest BCUT2D eigenvalue weighted by molar-refractivity contribution is -0.118. The van der Waals surface area contributed by atoms with Crippen LogP contribution in [0, 0.1) is 0 Å². The Morgan fingerprint density at radius 2 is 2.22 bits per heavy atom. The van der Waals surface area contributed by atoms with Crippen LogP contribution in [-0.4, -0.2) is 31.7 Å². The van der Waals surface area contributed by atoms with Gasteiger partial charge in [-0.25, -0.2) is 9.69 Å². The number of rotatable bonds is 4. The molecule has 1 aromatic rings. The summed E-state index contributed by atoms with van der Waals surface area (Å²) in [6.45, 7) is 0.417. The fraction of sp³-hybridized carbons (Fsp3) is 0.333. The highest BCUT2D eigenvalue weighted by Gasteiger charge is 2.38. The number of carbonyl (C=O) groups excluding carboxylic acids is 2. The number of anilines is 1. The molecule has 0 radical (unpaired) electrons. The largest absolute Gasteiger partial charge is 0.385 e. The standard InChI is InChI=1S/C12H13ClN2O3/c1-18-6-5-10-11(16)15(12(17)14-10)9-4-2-3-8(13)7-9/h2-4,7,10H,5-6H2,1H3,(H,14,17). The minimum Gasteiger partial charge on any atom is -0.385 e. The second kappa shape index (κ2) is 5.37. The lowest BCUT2D eigenvalue weighted by Crippen LogP contribution is -2.31. The number of nitrogens with one attached hydrogen (secondary N) is 1. The molecule has 1 unspecified atom stereocenters. The van der Waals surface area contributed by atoms with Crippen LogP contribution in [0.3, 0.4) is 0 Å². The van der Waals surface area contributed by atoms with E-state index in [4.69, 9.17) is 16.3 Å². The number of hydrogen-bond donors (Lipinski definition) is 1. The maximum absolute atomic E-state index is 12.1. The number of hydrogen-bond acceptors (Lipinski definition) is 3. The van der Waals surface area contributed by atoms with Crippen molar-refractivity contribution in [3.63, 3.8) is 0 Å². The summed E-state index contributed by atoms with van der Waals surface area (Å²) in [7, 11) is 1.55. The van der Waals surface area contributed by atoms with Gasteiger partial charge in [-0.05, 0) is 18.2 Å². The fourth-order valence-electron chi connectivity index (χ4n) is 1.82. The number of amides is 3. The Bertz CT molecular complexity index is 478. The van der Waals surface area contributed by atoms with E-state index in [0.29, 0.717) is 23.7 Å².